The summed E-state index contributed by atoms with van der Waals surface area (Å²) in [5.41, 5.74) is 18.1. The van der Waals surface area contributed by atoms with Gasteiger partial charge >= 0.3 is 266 Å². The van der Waals surface area contributed by atoms with Crippen LogP contribution in [-0.4, -0.2) is 0 Å². The van der Waals surface area contributed by atoms with E-state index in [0.717, 1.165) is 6.42 Å². The fourth-order valence-electron chi connectivity index (χ4n) is 8.74. The number of hydrogen-bond donors (Lipinski definition) is 0. The van der Waals surface area contributed by atoms with Crippen molar-refractivity contribution in [1.82, 2.24) is 0 Å². The SMILES string of the molecule is CCC1(C)C2=Cc3c(-c4cccc(C(C)C)c4)cccc3[CH]2[Hf]([CH3])([CH3])[CH]2C1=Cc1c(-c3cccc(C(C)C)c3)cccc12. The Balaban J connectivity index is 1.41. The Hall–Kier alpha value is -2.77. The summed E-state index contributed by atoms with van der Waals surface area (Å²) in [7, 11) is 0. The number of fused-ring (bicyclic) bond motifs is 6. The van der Waals surface area contributed by atoms with Crippen molar-refractivity contribution in [2.75, 3.05) is 0 Å². The molecule has 2 unspecified atom stereocenters. The fourth-order valence-corrected chi connectivity index (χ4v) is 26.2. The van der Waals surface area contributed by atoms with Gasteiger partial charge in [0.25, 0.3) is 0 Å². The van der Waals surface area contributed by atoms with Crippen molar-refractivity contribution in [2.45, 2.75) is 76.5 Å². The molecule has 0 radical (unpaired) electrons. The van der Waals surface area contributed by atoms with E-state index < -0.39 is 20.0 Å². The molecule has 218 valence electrons. The molecular formula is C42H46Hf. The topological polar surface area (TPSA) is 0 Å². The van der Waals surface area contributed by atoms with Crippen LogP contribution >= 0.6 is 0 Å². The molecule has 0 nitrogen and oxygen atoms in total. The fraction of sp³-hybridized carbons (Fsp3) is 0.333. The van der Waals surface area contributed by atoms with Crippen LogP contribution < -0.4 is 0 Å². The van der Waals surface area contributed by atoms with Gasteiger partial charge in [-0.05, 0) is 0 Å². The summed E-state index contributed by atoms with van der Waals surface area (Å²) in [6.07, 6.45) is 6.46. The molecule has 3 aliphatic rings. The van der Waals surface area contributed by atoms with Crippen LogP contribution in [0.15, 0.2) is 96.1 Å². The number of rotatable bonds is 5. The zero-order chi connectivity index (χ0) is 30.3. The van der Waals surface area contributed by atoms with E-state index in [2.05, 4.69) is 148 Å². The van der Waals surface area contributed by atoms with Gasteiger partial charge in [-0.1, -0.05) is 0 Å². The van der Waals surface area contributed by atoms with E-state index in [1.54, 1.807) is 22.3 Å². The Morgan fingerprint density at radius 3 is 1.44 bits per heavy atom. The number of allylic oxidation sites excluding steroid dienone is 2. The summed E-state index contributed by atoms with van der Waals surface area (Å²) in [5, 5.41) is 0. The molecule has 1 saturated heterocycles. The van der Waals surface area contributed by atoms with Gasteiger partial charge in [0.05, 0.1) is 0 Å². The minimum atomic E-state index is -3.06. The summed E-state index contributed by atoms with van der Waals surface area (Å²) in [6, 6.07) is 32.9. The maximum atomic E-state index is 2.77. The Morgan fingerprint density at radius 2 is 1.05 bits per heavy atom. The van der Waals surface area contributed by atoms with Gasteiger partial charge in [-0.15, -0.1) is 0 Å². The normalized spacial score (nSPS) is 23.0. The molecule has 4 aromatic rings. The van der Waals surface area contributed by atoms with Crippen LogP contribution in [-0.2, 0) is 20.0 Å². The van der Waals surface area contributed by atoms with Gasteiger partial charge in [0.15, 0.2) is 0 Å². The van der Waals surface area contributed by atoms with Crippen molar-refractivity contribution >= 4 is 12.2 Å². The predicted molar refractivity (Wildman–Crippen MR) is 183 cm³/mol. The summed E-state index contributed by atoms with van der Waals surface area (Å²) < 4.78 is 6.76. The van der Waals surface area contributed by atoms with Gasteiger partial charge in [-0.25, -0.2) is 0 Å². The van der Waals surface area contributed by atoms with Crippen LogP contribution in [0.3, 0.4) is 0 Å². The van der Waals surface area contributed by atoms with Gasteiger partial charge in [-0.3, -0.25) is 0 Å². The van der Waals surface area contributed by atoms with Gasteiger partial charge in [0.1, 0.15) is 0 Å². The predicted octanol–water partition coefficient (Wildman–Crippen LogP) is 12.5. The summed E-state index contributed by atoms with van der Waals surface area (Å²) >= 11 is -3.06. The molecular weight excluding hydrogens is 683 g/mol. The molecule has 1 aliphatic heterocycles. The first-order chi connectivity index (χ1) is 20.6. The summed E-state index contributed by atoms with van der Waals surface area (Å²) in [4.78, 5) is 0. The van der Waals surface area contributed by atoms with Crippen molar-refractivity contribution in [3.05, 3.63) is 129 Å². The first-order valence-corrected chi connectivity index (χ1v) is 27.8. The second-order valence-corrected chi connectivity index (χ2v) is 32.0. The molecule has 43 heavy (non-hydrogen) atoms. The van der Waals surface area contributed by atoms with E-state index in [-0.39, 0.29) is 5.41 Å². The van der Waals surface area contributed by atoms with Crippen LogP contribution in [0, 0.1) is 5.41 Å². The molecule has 0 bridgehead atoms. The third-order valence-electron chi connectivity index (χ3n) is 11.3. The molecule has 0 saturated carbocycles. The molecule has 1 fully saturated rings. The van der Waals surface area contributed by atoms with Crippen LogP contribution in [0.4, 0.5) is 0 Å². The zero-order valence-electron chi connectivity index (χ0n) is 27.3. The minimum absolute atomic E-state index is 0.0665. The van der Waals surface area contributed by atoms with Crippen molar-refractivity contribution in [2.24, 2.45) is 5.41 Å². The first kappa shape index (κ1) is 29.0. The number of benzene rings is 4. The number of hydrogen-bond acceptors (Lipinski definition) is 0. The third kappa shape index (κ3) is 4.32. The second-order valence-electron chi connectivity index (χ2n) is 14.7. The molecule has 2 atom stereocenters. The monoisotopic (exact) mass is 730 g/mol. The maximum absolute atomic E-state index is 3.06. The van der Waals surface area contributed by atoms with Crippen LogP contribution in [0.25, 0.3) is 34.4 Å². The van der Waals surface area contributed by atoms with Gasteiger partial charge in [-0.2, -0.15) is 0 Å². The Kier molecular flexibility index (Phi) is 7.01. The third-order valence-corrected chi connectivity index (χ3v) is 26.5. The zero-order valence-corrected chi connectivity index (χ0v) is 30.8. The molecule has 4 aromatic carbocycles. The molecule has 2 aliphatic carbocycles. The van der Waals surface area contributed by atoms with Crippen molar-refractivity contribution < 1.29 is 20.0 Å². The van der Waals surface area contributed by atoms with Crippen LogP contribution in [0.5, 0.6) is 0 Å². The van der Waals surface area contributed by atoms with E-state index in [4.69, 9.17) is 0 Å². The standard InChI is InChI=1S/C40H40.2CH3.Hf/c1-7-40(6,34-22-32-16-10-18-36(38(32)24-34)30-14-8-12-28(20-30)26(2)3)35-23-33-17-11-19-37(39(33)25-35)31-15-9-13-29(21-31)27(4)5;;;/h8-27H,7H2,1-6H3;2*1H3;. The van der Waals surface area contributed by atoms with Crippen LogP contribution in [0.2, 0.25) is 9.36 Å². The average Bonchev–Trinajstić information content (AvgIpc) is 3.62. The quantitative estimate of drug-likeness (QED) is 0.180. The molecule has 0 amide bonds. The molecule has 7 rings (SSSR count). The van der Waals surface area contributed by atoms with Crippen LogP contribution in [0.1, 0.15) is 101 Å². The average molecular weight is 729 g/mol. The second kappa shape index (κ2) is 10.4. The first-order valence-electron chi connectivity index (χ1n) is 16.5. The van der Waals surface area contributed by atoms with E-state index in [9.17, 15) is 0 Å². The molecule has 1 heteroatoms. The van der Waals surface area contributed by atoms with E-state index in [1.165, 1.54) is 44.5 Å². The molecule has 1 heterocycles. The van der Waals surface area contributed by atoms with Crippen molar-refractivity contribution in [3.63, 3.8) is 0 Å². The Labute approximate surface area is 264 Å². The summed E-state index contributed by atoms with van der Waals surface area (Å²) in [6.45, 7) is 14.2. The van der Waals surface area contributed by atoms with Crippen molar-refractivity contribution in [3.8, 4) is 22.3 Å². The molecule has 0 N–H and O–H groups in total. The van der Waals surface area contributed by atoms with Gasteiger partial charge in [0.2, 0.25) is 0 Å². The van der Waals surface area contributed by atoms with Gasteiger partial charge < -0.3 is 0 Å². The van der Waals surface area contributed by atoms with E-state index >= 15 is 0 Å². The summed E-state index contributed by atoms with van der Waals surface area (Å²) in [5.74, 6) is 1.06. The van der Waals surface area contributed by atoms with Gasteiger partial charge in [0, 0.05) is 0 Å². The van der Waals surface area contributed by atoms with E-state index in [0.29, 0.717) is 19.2 Å². The Bertz CT molecular complexity index is 1680. The van der Waals surface area contributed by atoms with Crippen molar-refractivity contribution in [1.29, 1.82) is 0 Å². The molecule has 0 aromatic heterocycles. The van der Waals surface area contributed by atoms with E-state index in [1.807, 2.05) is 0 Å². The molecule has 0 spiro atoms. The Morgan fingerprint density at radius 1 is 0.628 bits per heavy atom.